The Morgan fingerprint density at radius 1 is 0.906 bits per heavy atom. The molecule has 4 rings (SSSR count). The highest BCUT2D eigenvalue weighted by Gasteiger charge is 2.42. The van der Waals surface area contributed by atoms with E-state index in [1.807, 2.05) is 11.9 Å². The van der Waals surface area contributed by atoms with Gasteiger partial charge < -0.3 is 19.3 Å². The largest absolute Gasteiger partial charge is 0.493 e. The normalized spacial score (nSPS) is 17.4. The van der Waals surface area contributed by atoms with Gasteiger partial charge in [-0.05, 0) is 30.8 Å². The van der Waals surface area contributed by atoms with Crippen LogP contribution in [0.1, 0.15) is 11.1 Å². The van der Waals surface area contributed by atoms with Crippen molar-refractivity contribution in [2.75, 3.05) is 47.4 Å². The number of halogens is 1. The van der Waals surface area contributed by atoms with E-state index in [1.54, 1.807) is 36.4 Å². The molecule has 0 aromatic heterocycles. The Hall–Kier alpha value is -3.39. The van der Waals surface area contributed by atoms with E-state index >= 15 is 0 Å². The molecule has 0 radical (unpaired) electrons. The number of rotatable bonds is 6. The molecule has 2 heterocycles. The maximum Gasteiger partial charge on any atom is 0.278 e. The number of carbonyl (C=O) groups excluding carboxylic acids is 2. The van der Waals surface area contributed by atoms with Crippen molar-refractivity contribution in [3.63, 3.8) is 0 Å². The number of benzene rings is 2. The Morgan fingerprint density at radius 2 is 1.59 bits per heavy atom. The number of piperazine rings is 1. The quantitative estimate of drug-likeness (QED) is 0.644. The second kappa shape index (κ2) is 9.00. The fourth-order valence-electron chi connectivity index (χ4n) is 4.08. The predicted molar refractivity (Wildman–Crippen MR) is 117 cm³/mol. The lowest BCUT2D eigenvalue weighted by molar-refractivity contribution is -0.138. The van der Waals surface area contributed by atoms with Gasteiger partial charge in [-0.3, -0.25) is 14.5 Å². The lowest BCUT2D eigenvalue weighted by Gasteiger charge is -2.34. The maximum atomic E-state index is 14.3. The topological polar surface area (TPSA) is 62.3 Å². The molecule has 32 heavy (non-hydrogen) atoms. The minimum absolute atomic E-state index is 0.127. The van der Waals surface area contributed by atoms with Gasteiger partial charge in [0.15, 0.2) is 11.5 Å². The van der Waals surface area contributed by atoms with Gasteiger partial charge in [-0.2, -0.15) is 0 Å². The average Bonchev–Trinajstić information content (AvgIpc) is 3.05. The summed E-state index contributed by atoms with van der Waals surface area (Å²) < 4.78 is 25.0. The van der Waals surface area contributed by atoms with Crippen LogP contribution >= 0.6 is 0 Å². The molecule has 0 bridgehead atoms. The highest BCUT2D eigenvalue weighted by Crippen LogP contribution is 2.37. The molecule has 8 heteroatoms. The fourth-order valence-corrected chi connectivity index (χ4v) is 4.08. The minimum atomic E-state index is -0.450. The third-order valence-electron chi connectivity index (χ3n) is 5.92. The summed E-state index contributed by atoms with van der Waals surface area (Å²) in [5.74, 6) is -0.318. The molecule has 1 saturated heterocycles. The number of carbonyl (C=O) groups is 2. The molecule has 0 saturated carbocycles. The molecular formula is C24H26FN3O4. The smallest absolute Gasteiger partial charge is 0.278 e. The second-order valence-corrected chi connectivity index (χ2v) is 7.87. The van der Waals surface area contributed by atoms with E-state index in [9.17, 15) is 14.0 Å². The van der Waals surface area contributed by atoms with Gasteiger partial charge in [0.1, 0.15) is 11.5 Å². The van der Waals surface area contributed by atoms with Gasteiger partial charge in [0.2, 0.25) is 0 Å². The summed E-state index contributed by atoms with van der Waals surface area (Å²) in [5, 5.41) is 0. The number of methoxy groups -OCH3 is 2. The van der Waals surface area contributed by atoms with Gasteiger partial charge >= 0.3 is 0 Å². The van der Waals surface area contributed by atoms with Crippen molar-refractivity contribution < 1.29 is 23.5 Å². The first-order valence-corrected chi connectivity index (χ1v) is 10.4. The zero-order chi connectivity index (χ0) is 22.8. The van der Waals surface area contributed by atoms with E-state index in [0.717, 1.165) is 18.0 Å². The summed E-state index contributed by atoms with van der Waals surface area (Å²) >= 11 is 0. The Morgan fingerprint density at radius 3 is 2.25 bits per heavy atom. The molecule has 0 atom stereocenters. The van der Waals surface area contributed by atoms with Crippen LogP contribution in [0.15, 0.2) is 48.2 Å². The molecule has 7 nitrogen and oxygen atoms in total. The van der Waals surface area contributed by atoms with Gasteiger partial charge in [-0.15, -0.1) is 0 Å². The molecule has 2 amide bonds. The first-order chi connectivity index (χ1) is 15.4. The third-order valence-corrected chi connectivity index (χ3v) is 5.92. The van der Waals surface area contributed by atoms with Gasteiger partial charge in [-0.1, -0.05) is 24.3 Å². The standard InChI is InChI=1S/C24H26FN3O4/c1-26-10-12-27(13-11-26)22-21(16-8-9-19(31-2)20(14-16)32-3)23(29)28(24(22)30)15-17-6-4-5-7-18(17)25/h4-9,14H,10-13,15H2,1-3H3. The SMILES string of the molecule is COc1ccc(C2=C(N3CCN(C)CC3)C(=O)N(Cc3ccccc3F)C2=O)cc1OC. The summed E-state index contributed by atoms with van der Waals surface area (Å²) in [7, 11) is 5.07. The maximum absolute atomic E-state index is 14.3. The van der Waals surface area contributed by atoms with E-state index in [4.69, 9.17) is 9.47 Å². The number of amides is 2. The molecule has 168 valence electrons. The zero-order valence-electron chi connectivity index (χ0n) is 18.4. The number of ether oxygens (including phenoxy) is 2. The summed E-state index contributed by atoms with van der Waals surface area (Å²) in [4.78, 5) is 32.3. The fraction of sp³-hybridized carbons (Fsp3) is 0.333. The van der Waals surface area contributed by atoms with Crippen molar-refractivity contribution in [3.05, 3.63) is 65.1 Å². The van der Waals surface area contributed by atoms with Crippen LogP contribution in [0.4, 0.5) is 4.39 Å². The Labute approximate surface area is 186 Å². The van der Waals surface area contributed by atoms with Crippen molar-refractivity contribution in [3.8, 4) is 11.5 Å². The third kappa shape index (κ3) is 3.93. The van der Waals surface area contributed by atoms with E-state index in [-0.39, 0.29) is 6.54 Å². The first-order valence-electron chi connectivity index (χ1n) is 10.4. The van der Waals surface area contributed by atoms with Crippen LogP contribution in [0.2, 0.25) is 0 Å². The Balaban J connectivity index is 1.77. The van der Waals surface area contributed by atoms with Gasteiger partial charge in [0.25, 0.3) is 11.8 Å². The van der Waals surface area contributed by atoms with E-state index in [0.29, 0.717) is 47.0 Å². The lowest BCUT2D eigenvalue weighted by atomic mass is 10.0. The van der Waals surface area contributed by atoms with Gasteiger partial charge in [0.05, 0.1) is 26.3 Å². The molecule has 1 fully saturated rings. The van der Waals surface area contributed by atoms with Gasteiger partial charge in [0, 0.05) is 31.7 Å². The monoisotopic (exact) mass is 439 g/mol. The van der Waals surface area contributed by atoms with E-state index < -0.39 is 17.6 Å². The van der Waals surface area contributed by atoms with Crippen molar-refractivity contribution in [2.45, 2.75) is 6.54 Å². The van der Waals surface area contributed by atoms with E-state index in [1.165, 1.54) is 20.3 Å². The number of imide groups is 1. The average molecular weight is 439 g/mol. The van der Waals surface area contributed by atoms with Gasteiger partial charge in [-0.25, -0.2) is 4.39 Å². The number of hydrogen-bond donors (Lipinski definition) is 0. The molecule has 2 aromatic carbocycles. The molecule has 0 spiro atoms. The number of likely N-dealkylation sites (N-methyl/N-ethyl adjacent to an activating group) is 1. The summed E-state index contributed by atoms with van der Waals surface area (Å²) in [6, 6.07) is 11.3. The van der Waals surface area contributed by atoms with Crippen molar-refractivity contribution in [1.82, 2.24) is 14.7 Å². The molecule has 0 aliphatic carbocycles. The van der Waals surface area contributed by atoms with Crippen LogP contribution in [0.25, 0.3) is 5.57 Å². The Bertz CT molecular complexity index is 1080. The number of hydrogen-bond acceptors (Lipinski definition) is 6. The van der Waals surface area contributed by atoms with Crippen LogP contribution in [-0.4, -0.2) is 74.0 Å². The number of nitrogens with zero attached hydrogens (tertiary/aromatic N) is 3. The van der Waals surface area contributed by atoms with Crippen LogP contribution in [0.3, 0.4) is 0 Å². The molecule has 2 aromatic rings. The van der Waals surface area contributed by atoms with Crippen LogP contribution < -0.4 is 9.47 Å². The Kier molecular flexibility index (Phi) is 6.14. The van der Waals surface area contributed by atoms with Crippen molar-refractivity contribution in [2.24, 2.45) is 0 Å². The van der Waals surface area contributed by atoms with Crippen LogP contribution in [0.5, 0.6) is 11.5 Å². The first kappa shape index (κ1) is 21.8. The van der Waals surface area contributed by atoms with Crippen LogP contribution in [-0.2, 0) is 16.1 Å². The molecular weight excluding hydrogens is 413 g/mol. The highest BCUT2D eigenvalue weighted by molar-refractivity contribution is 6.35. The van der Waals surface area contributed by atoms with Crippen molar-refractivity contribution in [1.29, 1.82) is 0 Å². The van der Waals surface area contributed by atoms with E-state index in [2.05, 4.69) is 4.90 Å². The summed E-state index contributed by atoms with van der Waals surface area (Å²) in [5.41, 5.74) is 1.51. The molecule has 0 unspecified atom stereocenters. The molecule has 0 N–H and O–H groups in total. The molecule has 2 aliphatic rings. The molecule has 2 aliphatic heterocycles. The van der Waals surface area contributed by atoms with Crippen molar-refractivity contribution >= 4 is 17.4 Å². The predicted octanol–water partition coefficient (Wildman–Crippen LogP) is 2.37. The second-order valence-electron chi connectivity index (χ2n) is 7.87. The van der Waals surface area contributed by atoms with Crippen LogP contribution in [0, 0.1) is 5.82 Å². The summed E-state index contributed by atoms with van der Waals surface area (Å²) in [6.07, 6.45) is 0. The summed E-state index contributed by atoms with van der Waals surface area (Å²) in [6.45, 7) is 2.66. The minimum Gasteiger partial charge on any atom is -0.493 e. The zero-order valence-corrected chi connectivity index (χ0v) is 18.4. The lowest BCUT2D eigenvalue weighted by Crippen LogP contribution is -2.46. The highest BCUT2D eigenvalue weighted by atomic mass is 19.1.